The molecule has 6 heteroatoms. The van der Waals surface area contributed by atoms with Crippen molar-refractivity contribution >= 4 is 18.5 Å². The van der Waals surface area contributed by atoms with Gasteiger partial charge in [-0.15, -0.1) is 12.6 Å². The van der Waals surface area contributed by atoms with E-state index in [2.05, 4.69) is 36.5 Å². The van der Waals surface area contributed by atoms with E-state index in [9.17, 15) is 9.18 Å². The Hall–Kier alpha value is -1.11. The van der Waals surface area contributed by atoms with E-state index in [1.807, 2.05) is 4.90 Å². The lowest BCUT2D eigenvalue weighted by Gasteiger charge is -2.35. The first-order valence-corrected chi connectivity index (χ1v) is 7.57. The Balaban J connectivity index is 1.89. The van der Waals surface area contributed by atoms with E-state index in [0.29, 0.717) is 18.7 Å². The second kappa shape index (κ2) is 7.24. The van der Waals surface area contributed by atoms with Crippen molar-refractivity contribution in [2.75, 3.05) is 53.4 Å². The summed E-state index contributed by atoms with van der Waals surface area (Å²) in [7, 11) is 4.12. The highest BCUT2D eigenvalue weighted by Gasteiger charge is 2.22. The van der Waals surface area contributed by atoms with Gasteiger partial charge in [0.05, 0.1) is 0 Å². The second-order valence-corrected chi connectivity index (χ2v) is 6.09. The number of rotatable bonds is 4. The van der Waals surface area contributed by atoms with Gasteiger partial charge in [0.1, 0.15) is 5.82 Å². The average molecular weight is 311 g/mol. The highest BCUT2D eigenvalue weighted by Crippen LogP contribution is 2.16. The summed E-state index contributed by atoms with van der Waals surface area (Å²) in [5, 5.41) is 0. The molecular weight excluding hydrogens is 289 g/mol. The minimum atomic E-state index is -0.400. The maximum absolute atomic E-state index is 13.2. The van der Waals surface area contributed by atoms with Crippen LogP contribution in [-0.4, -0.2) is 74.0 Å². The van der Waals surface area contributed by atoms with Crippen LogP contribution in [0.4, 0.5) is 4.39 Å². The molecule has 0 spiro atoms. The molecule has 1 aromatic rings. The van der Waals surface area contributed by atoms with Crippen molar-refractivity contribution in [3.05, 3.63) is 29.6 Å². The summed E-state index contributed by atoms with van der Waals surface area (Å²) >= 11 is 4.03. The minimum absolute atomic E-state index is 0.0439. The molecule has 1 aromatic carbocycles. The first-order chi connectivity index (χ1) is 9.97. The number of hydrogen-bond acceptors (Lipinski definition) is 4. The van der Waals surface area contributed by atoms with Crippen molar-refractivity contribution in [2.45, 2.75) is 4.90 Å². The molecule has 1 heterocycles. The van der Waals surface area contributed by atoms with Crippen molar-refractivity contribution in [1.29, 1.82) is 0 Å². The molecule has 0 aromatic heterocycles. The molecule has 1 aliphatic rings. The number of amides is 1. The number of hydrogen-bond donors (Lipinski definition) is 1. The molecule has 2 rings (SSSR count). The third kappa shape index (κ3) is 4.43. The summed E-state index contributed by atoms with van der Waals surface area (Å²) in [6.07, 6.45) is 0. The van der Waals surface area contributed by atoms with Gasteiger partial charge >= 0.3 is 0 Å². The Morgan fingerprint density at radius 2 is 1.95 bits per heavy atom. The summed E-state index contributed by atoms with van der Waals surface area (Å²) in [4.78, 5) is 18.9. The molecule has 0 atom stereocenters. The molecule has 21 heavy (non-hydrogen) atoms. The number of piperazine rings is 1. The van der Waals surface area contributed by atoms with Gasteiger partial charge in [0.2, 0.25) is 0 Å². The van der Waals surface area contributed by atoms with Crippen molar-refractivity contribution in [2.24, 2.45) is 0 Å². The largest absolute Gasteiger partial charge is 0.336 e. The minimum Gasteiger partial charge on any atom is -0.336 e. The summed E-state index contributed by atoms with van der Waals surface area (Å²) in [6, 6.07) is 4.32. The topological polar surface area (TPSA) is 26.8 Å². The summed E-state index contributed by atoms with van der Waals surface area (Å²) in [5.74, 6) is -0.444. The number of halogens is 1. The number of thiol groups is 1. The van der Waals surface area contributed by atoms with E-state index < -0.39 is 5.82 Å². The number of nitrogens with zero attached hydrogens (tertiary/aromatic N) is 3. The molecule has 0 unspecified atom stereocenters. The van der Waals surface area contributed by atoms with Gasteiger partial charge in [-0.3, -0.25) is 9.69 Å². The third-order valence-corrected chi connectivity index (χ3v) is 4.06. The van der Waals surface area contributed by atoms with Crippen LogP contribution >= 0.6 is 12.6 Å². The van der Waals surface area contributed by atoms with Crippen LogP contribution in [0.1, 0.15) is 10.4 Å². The number of carbonyl (C=O) groups is 1. The van der Waals surface area contributed by atoms with Crippen molar-refractivity contribution in [3.63, 3.8) is 0 Å². The average Bonchev–Trinajstić information content (AvgIpc) is 2.48. The Morgan fingerprint density at radius 1 is 1.29 bits per heavy atom. The molecule has 116 valence electrons. The maximum atomic E-state index is 13.2. The quantitative estimate of drug-likeness (QED) is 0.852. The van der Waals surface area contributed by atoms with E-state index in [4.69, 9.17) is 0 Å². The molecule has 1 saturated heterocycles. The van der Waals surface area contributed by atoms with E-state index in [-0.39, 0.29) is 10.8 Å². The van der Waals surface area contributed by atoms with Gasteiger partial charge in [-0.05, 0) is 32.3 Å². The van der Waals surface area contributed by atoms with Crippen LogP contribution in [0.5, 0.6) is 0 Å². The highest BCUT2D eigenvalue weighted by atomic mass is 32.1. The van der Waals surface area contributed by atoms with Crippen LogP contribution in [0.3, 0.4) is 0 Å². The molecule has 1 amide bonds. The van der Waals surface area contributed by atoms with Crippen LogP contribution in [0.25, 0.3) is 0 Å². The molecule has 0 aliphatic carbocycles. The predicted molar refractivity (Wildman–Crippen MR) is 84.5 cm³/mol. The molecule has 4 nitrogen and oxygen atoms in total. The SMILES string of the molecule is CN(C)CCN1CCN(C(=O)c2ccc(F)c(S)c2)CC1. The molecular formula is C15H22FN3OS. The zero-order chi connectivity index (χ0) is 15.4. The molecule has 1 fully saturated rings. The van der Waals surface area contributed by atoms with Crippen molar-refractivity contribution in [1.82, 2.24) is 14.7 Å². The van der Waals surface area contributed by atoms with Gasteiger partial charge in [-0.25, -0.2) is 4.39 Å². The van der Waals surface area contributed by atoms with Gasteiger partial charge in [0.15, 0.2) is 0 Å². The Labute approximate surface area is 130 Å². The third-order valence-electron chi connectivity index (χ3n) is 3.72. The summed E-state index contributed by atoms with van der Waals surface area (Å²) < 4.78 is 13.2. The molecule has 0 saturated carbocycles. The first-order valence-electron chi connectivity index (χ1n) is 7.12. The van der Waals surface area contributed by atoms with Crippen LogP contribution in [0.2, 0.25) is 0 Å². The fraction of sp³-hybridized carbons (Fsp3) is 0.533. The van der Waals surface area contributed by atoms with Crippen LogP contribution < -0.4 is 0 Å². The zero-order valence-electron chi connectivity index (χ0n) is 12.5. The van der Waals surface area contributed by atoms with Crippen LogP contribution in [-0.2, 0) is 0 Å². The fourth-order valence-electron chi connectivity index (χ4n) is 2.34. The van der Waals surface area contributed by atoms with Crippen molar-refractivity contribution < 1.29 is 9.18 Å². The lowest BCUT2D eigenvalue weighted by Crippen LogP contribution is -2.50. The number of carbonyl (C=O) groups excluding carboxylic acids is 1. The van der Waals surface area contributed by atoms with Gasteiger partial charge in [-0.1, -0.05) is 0 Å². The smallest absolute Gasteiger partial charge is 0.253 e. The fourth-order valence-corrected chi connectivity index (χ4v) is 2.56. The molecule has 0 radical (unpaired) electrons. The van der Waals surface area contributed by atoms with Gasteiger partial charge in [0, 0.05) is 49.7 Å². The predicted octanol–water partition coefficient (Wildman–Crippen LogP) is 1.43. The summed E-state index contributed by atoms with van der Waals surface area (Å²) in [5.41, 5.74) is 0.503. The maximum Gasteiger partial charge on any atom is 0.253 e. The van der Waals surface area contributed by atoms with Crippen LogP contribution in [0, 0.1) is 5.82 Å². The van der Waals surface area contributed by atoms with E-state index in [1.54, 1.807) is 0 Å². The monoisotopic (exact) mass is 311 g/mol. The standard InChI is InChI=1S/C15H22FN3OS/c1-17(2)5-6-18-7-9-19(10-8-18)15(20)12-3-4-13(16)14(21)11-12/h3-4,11,21H,5-10H2,1-2H3. The summed E-state index contributed by atoms with van der Waals surface area (Å²) in [6.45, 7) is 5.24. The molecule has 0 N–H and O–H groups in total. The van der Waals surface area contributed by atoms with E-state index >= 15 is 0 Å². The first kappa shape index (κ1) is 16.3. The van der Waals surface area contributed by atoms with Gasteiger partial charge in [-0.2, -0.15) is 0 Å². The lowest BCUT2D eigenvalue weighted by molar-refractivity contribution is 0.0629. The number of likely N-dealkylation sites (N-methyl/N-ethyl adjacent to an activating group) is 1. The van der Waals surface area contributed by atoms with E-state index in [0.717, 1.165) is 26.2 Å². The van der Waals surface area contributed by atoms with Crippen LogP contribution in [0.15, 0.2) is 23.1 Å². The Kier molecular flexibility index (Phi) is 5.61. The Bertz CT molecular complexity index is 502. The van der Waals surface area contributed by atoms with Crippen molar-refractivity contribution in [3.8, 4) is 0 Å². The zero-order valence-corrected chi connectivity index (χ0v) is 13.4. The van der Waals surface area contributed by atoms with Gasteiger partial charge < -0.3 is 9.80 Å². The van der Waals surface area contributed by atoms with E-state index in [1.165, 1.54) is 18.2 Å². The second-order valence-electron chi connectivity index (χ2n) is 5.60. The molecule has 0 bridgehead atoms. The highest BCUT2D eigenvalue weighted by molar-refractivity contribution is 7.80. The number of benzene rings is 1. The normalized spacial score (nSPS) is 16.5. The Morgan fingerprint density at radius 3 is 2.52 bits per heavy atom. The molecule has 1 aliphatic heterocycles. The lowest BCUT2D eigenvalue weighted by atomic mass is 10.1. The van der Waals surface area contributed by atoms with Gasteiger partial charge in [0.25, 0.3) is 5.91 Å².